The van der Waals surface area contributed by atoms with Crippen LogP contribution in [-0.2, 0) is 19.9 Å². The summed E-state index contributed by atoms with van der Waals surface area (Å²) < 4.78 is 14.3. The Hall–Kier alpha value is -2.48. The molecule has 4 aliphatic heterocycles. The minimum atomic E-state index is -1.40. The van der Waals surface area contributed by atoms with E-state index < -0.39 is 29.1 Å². The van der Waals surface area contributed by atoms with Crippen LogP contribution in [0.15, 0.2) is 36.4 Å². The van der Waals surface area contributed by atoms with E-state index in [4.69, 9.17) is 23.2 Å². The first kappa shape index (κ1) is 19.2. The molecule has 31 heavy (non-hydrogen) atoms. The molecule has 1 N–H and O–H groups in total. The number of amides is 3. The molecule has 2 aromatic carbocycles. The van der Waals surface area contributed by atoms with Crippen molar-refractivity contribution in [2.24, 2.45) is 11.8 Å². The van der Waals surface area contributed by atoms with E-state index in [1.165, 1.54) is 30.3 Å². The zero-order valence-electron chi connectivity index (χ0n) is 16.1. The molecule has 1 spiro atoms. The Labute approximate surface area is 186 Å². The highest BCUT2D eigenvalue weighted by molar-refractivity contribution is 6.42. The molecule has 6 rings (SSSR count). The van der Waals surface area contributed by atoms with Crippen molar-refractivity contribution in [3.63, 3.8) is 0 Å². The number of halogens is 3. The van der Waals surface area contributed by atoms with Gasteiger partial charge in [-0.2, -0.15) is 0 Å². The number of anilines is 2. The maximum absolute atomic E-state index is 14.3. The van der Waals surface area contributed by atoms with Crippen molar-refractivity contribution in [1.29, 1.82) is 0 Å². The molecule has 0 aromatic heterocycles. The van der Waals surface area contributed by atoms with E-state index in [1.807, 2.05) is 4.90 Å². The standard InChI is InChI=1S/C22H16Cl2FN3O3/c23-13-5-4-11(9-14(13)24)28-19(29)17-16-2-1-7-27(16)22(18(17)20(28)30)12-8-10(25)3-6-15(12)26-21(22)31/h3-6,8-9,16-18H,1-2,7H2,(H,26,31)/t16-,17+,18+,22+/m0/s1. The lowest BCUT2D eigenvalue weighted by Crippen LogP contribution is -2.54. The summed E-state index contributed by atoms with van der Waals surface area (Å²) in [6.45, 7) is 0.564. The summed E-state index contributed by atoms with van der Waals surface area (Å²) >= 11 is 12.1. The number of carbonyl (C=O) groups is 3. The number of nitrogens with zero attached hydrogens (tertiary/aromatic N) is 2. The van der Waals surface area contributed by atoms with E-state index >= 15 is 0 Å². The van der Waals surface area contributed by atoms with E-state index in [0.717, 1.165) is 11.3 Å². The second-order valence-electron chi connectivity index (χ2n) is 8.43. The van der Waals surface area contributed by atoms with Gasteiger partial charge in [0.05, 0.1) is 27.6 Å². The van der Waals surface area contributed by atoms with Gasteiger partial charge in [-0.15, -0.1) is 0 Å². The molecule has 0 radical (unpaired) electrons. The Bertz CT molecular complexity index is 1200. The van der Waals surface area contributed by atoms with Crippen molar-refractivity contribution in [1.82, 2.24) is 4.90 Å². The monoisotopic (exact) mass is 459 g/mol. The lowest BCUT2D eigenvalue weighted by Gasteiger charge is -2.36. The molecule has 9 heteroatoms. The van der Waals surface area contributed by atoms with E-state index in [2.05, 4.69) is 5.32 Å². The van der Waals surface area contributed by atoms with E-state index in [9.17, 15) is 18.8 Å². The van der Waals surface area contributed by atoms with Crippen LogP contribution in [0.2, 0.25) is 10.0 Å². The lowest BCUT2D eigenvalue weighted by atomic mass is 9.75. The van der Waals surface area contributed by atoms with E-state index in [-0.39, 0.29) is 22.9 Å². The van der Waals surface area contributed by atoms with Crippen molar-refractivity contribution in [2.45, 2.75) is 24.4 Å². The fourth-order valence-electron chi connectivity index (χ4n) is 6.05. The van der Waals surface area contributed by atoms with Gasteiger partial charge in [0.15, 0.2) is 0 Å². The van der Waals surface area contributed by atoms with Gasteiger partial charge in [0, 0.05) is 17.3 Å². The molecule has 4 heterocycles. The first-order valence-electron chi connectivity index (χ1n) is 10.1. The highest BCUT2D eigenvalue weighted by Gasteiger charge is 2.74. The quantitative estimate of drug-likeness (QED) is 0.661. The van der Waals surface area contributed by atoms with Crippen LogP contribution in [0.4, 0.5) is 15.8 Å². The summed E-state index contributed by atoms with van der Waals surface area (Å²) in [5.74, 6) is -3.35. The fraction of sp³-hybridized carbons (Fsp3) is 0.318. The third kappa shape index (κ3) is 2.24. The summed E-state index contributed by atoms with van der Waals surface area (Å²) in [5.41, 5.74) is -0.183. The van der Waals surface area contributed by atoms with Crippen LogP contribution < -0.4 is 10.2 Å². The van der Waals surface area contributed by atoms with Crippen molar-refractivity contribution >= 4 is 52.3 Å². The predicted molar refractivity (Wildman–Crippen MR) is 112 cm³/mol. The van der Waals surface area contributed by atoms with Gasteiger partial charge in [0.25, 0.3) is 0 Å². The first-order chi connectivity index (χ1) is 14.9. The van der Waals surface area contributed by atoms with Crippen LogP contribution in [0, 0.1) is 17.7 Å². The van der Waals surface area contributed by atoms with Crippen LogP contribution >= 0.6 is 23.2 Å². The van der Waals surface area contributed by atoms with Gasteiger partial charge in [0.1, 0.15) is 11.4 Å². The normalized spacial score (nSPS) is 31.4. The Balaban J connectivity index is 1.56. The van der Waals surface area contributed by atoms with Gasteiger partial charge < -0.3 is 5.32 Å². The number of hydrogen-bond acceptors (Lipinski definition) is 4. The first-order valence-corrected chi connectivity index (χ1v) is 10.8. The smallest absolute Gasteiger partial charge is 0.250 e. The number of rotatable bonds is 1. The van der Waals surface area contributed by atoms with Crippen molar-refractivity contribution in [3.8, 4) is 0 Å². The molecule has 0 aliphatic carbocycles. The second kappa shape index (κ2) is 6.28. The van der Waals surface area contributed by atoms with Gasteiger partial charge in [-0.3, -0.25) is 19.3 Å². The third-order valence-electron chi connectivity index (χ3n) is 7.12. The molecule has 3 amide bonds. The van der Waals surface area contributed by atoms with Gasteiger partial charge in [-0.25, -0.2) is 9.29 Å². The lowest BCUT2D eigenvalue weighted by molar-refractivity contribution is -0.135. The summed E-state index contributed by atoms with van der Waals surface area (Å²) in [6, 6.07) is 8.38. The average Bonchev–Trinajstić information content (AvgIpc) is 3.43. The molecule has 2 aromatic rings. The summed E-state index contributed by atoms with van der Waals surface area (Å²) in [4.78, 5) is 43.8. The number of nitrogens with one attached hydrogen (secondary N) is 1. The van der Waals surface area contributed by atoms with E-state index in [0.29, 0.717) is 34.9 Å². The summed E-state index contributed by atoms with van der Waals surface area (Å²) in [7, 11) is 0. The van der Waals surface area contributed by atoms with E-state index in [1.54, 1.807) is 6.07 Å². The Kier molecular flexibility index (Phi) is 3.89. The molecule has 0 bridgehead atoms. The molecule has 4 atom stereocenters. The Morgan fingerprint density at radius 2 is 1.84 bits per heavy atom. The van der Waals surface area contributed by atoms with Gasteiger partial charge in [-0.05, 0) is 55.8 Å². The molecule has 158 valence electrons. The maximum Gasteiger partial charge on any atom is 0.250 e. The molecule has 0 unspecified atom stereocenters. The zero-order valence-corrected chi connectivity index (χ0v) is 17.6. The minimum absolute atomic E-state index is 0.222. The topological polar surface area (TPSA) is 69.7 Å². The number of hydrogen-bond donors (Lipinski definition) is 1. The molecule has 6 nitrogen and oxygen atoms in total. The molecule has 3 fully saturated rings. The predicted octanol–water partition coefficient (Wildman–Crippen LogP) is 3.56. The number of benzene rings is 2. The minimum Gasteiger partial charge on any atom is -0.324 e. The van der Waals surface area contributed by atoms with Crippen LogP contribution in [0.3, 0.4) is 0 Å². The van der Waals surface area contributed by atoms with Crippen LogP contribution in [0.25, 0.3) is 0 Å². The summed E-state index contributed by atoms with van der Waals surface area (Å²) in [6.07, 6.45) is 1.48. The number of imide groups is 1. The number of carbonyl (C=O) groups excluding carboxylic acids is 3. The molecule has 4 aliphatic rings. The second-order valence-corrected chi connectivity index (χ2v) is 9.24. The zero-order chi connectivity index (χ0) is 21.7. The average molecular weight is 460 g/mol. The Morgan fingerprint density at radius 1 is 1.03 bits per heavy atom. The molecule has 3 saturated heterocycles. The third-order valence-corrected chi connectivity index (χ3v) is 7.86. The largest absolute Gasteiger partial charge is 0.324 e. The maximum atomic E-state index is 14.3. The van der Waals surface area contributed by atoms with Crippen LogP contribution in [0.5, 0.6) is 0 Å². The Morgan fingerprint density at radius 3 is 2.61 bits per heavy atom. The number of fused-ring (bicyclic) bond motifs is 7. The highest BCUT2D eigenvalue weighted by Crippen LogP contribution is 2.60. The van der Waals surface area contributed by atoms with Crippen LogP contribution in [0.1, 0.15) is 18.4 Å². The van der Waals surface area contributed by atoms with Crippen molar-refractivity contribution < 1.29 is 18.8 Å². The highest BCUT2D eigenvalue weighted by atomic mass is 35.5. The van der Waals surface area contributed by atoms with Gasteiger partial charge in [-0.1, -0.05) is 23.2 Å². The van der Waals surface area contributed by atoms with Crippen molar-refractivity contribution in [2.75, 3.05) is 16.8 Å². The van der Waals surface area contributed by atoms with Gasteiger partial charge in [0.2, 0.25) is 17.7 Å². The molecular formula is C22H16Cl2FN3O3. The molecule has 0 saturated carbocycles. The fourth-order valence-corrected chi connectivity index (χ4v) is 6.35. The SMILES string of the molecule is O=C1[C@@H]2[C@@H]3CCCN3[C@@]3(C(=O)Nc4ccc(F)cc43)[C@H]2C(=O)N1c1ccc(Cl)c(Cl)c1. The molecular weight excluding hydrogens is 444 g/mol. The van der Waals surface area contributed by atoms with Crippen LogP contribution in [-0.4, -0.2) is 35.2 Å². The summed E-state index contributed by atoms with van der Waals surface area (Å²) in [5, 5.41) is 3.35. The van der Waals surface area contributed by atoms with Gasteiger partial charge >= 0.3 is 0 Å². The van der Waals surface area contributed by atoms with Crippen molar-refractivity contribution in [3.05, 3.63) is 57.8 Å².